The van der Waals surface area contributed by atoms with Crippen LogP contribution < -0.4 is 0 Å². The SMILES string of the molecule is CC(C)C1CC[C@@H](C)C[C@H]1OCC(O)CO. The fourth-order valence-electron chi connectivity index (χ4n) is 2.59. The van der Waals surface area contributed by atoms with Crippen molar-refractivity contribution in [1.29, 1.82) is 0 Å². The van der Waals surface area contributed by atoms with Crippen molar-refractivity contribution >= 4 is 0 Å². The number of aliphatic hydroxyl groups excluding tert-OH is 2. The predicted molar refractivity (Wildman–Crippen MR) is 64.2 cm³/mol. The van der Waals surface area contributed by atoms with E-state index in [1.165, 1.54) is 12.8 Å². The van der Waals surface area contributed by atoms with E-state index in [1.54, 1.807) is 0 Å². The first-order valence-corrected chi connectivity index (χ1v) is 6.45. The Morgan fingerprint density at radius 1 is 1.31 bits per heavy atom. The molecule has 1 aliphatic carbocycles. The highest BCUT2D eigenvalue weighted by Gasteiger charge is 2.31. The molecule has 0 aromatic rings. The summed E-state index contributed by atoms with van der Waals surface area (Å²) >= 11 is 0. The third-order valence-electron chi connectivity index (χ3n) is 3.67. The third kappa shape index (κ3) is 4.04. The maximum atomic E-state index is 9.30. The van der Waals surface area contributed by atoms with Crippen LogP contribution in [0.1, 0.15) is 40.0 Å². The van der Waals surface area contributed by atoms with E-state index in [0.717, 1.165) is 6.42 Å². The summed E-state index contributed by atoms with van der Waals surface area (Å²) in [5.74, 6) is 1.94. The van der Waals surface area contributed by atoms with Crippen molar-refractivity contribution in [2.75, 3.05) is 13.2 Å². The number of hydrogen-bond acceptors (Lipinski definition) is 3. The van der Waals surface area contributed by atoms with Gasteiger partial charge in [0.05, 0.1) is 19.3 Å². The van der Waals surface area contributed by atoms with Crippen molar-refractivity contribution in [3.05, 3.63) is 0 Å². The van der Waals surface area contributed by atoms with Crippen molar-refractivity contribution in [3.63, 3.8) is 0 Å². The zero-order valence-corrected chi connectivity index (χ0v) is 10.7. The molecule has 0 aromatic carbocycles. The smallest absolute Gasteiger partial charge is 0.100 e. The van der Waals surface area contributed by atoms with Crippen molar-refractivity contribution in [1.82, 2.24) is 0 Å². The van der Waals surface area contributed by atoms with E-state index >= 15 is 0 Å². The van der Waals surface area contributed by atoms with Gasteiger partial charge >= 0.3 is 0 Å². The molecule has 0 spiro atoms. The van der Waals surface area contributed by atoms with Gasteiger partial charge in [-0.1, -0.05) is 27.2 Å². The van der Waals surface area contributed by atoms with Crippen LogP contribution in [0.5, 0.6) is 0 Å². The molecular formula is C13H26O3. The molecule has 2 unspecified atom stereocenters. The minimum atomic E-state index is -0.731. The lowest BCUT2D eigenvalue weighted by Gasteiger charge is -2.37. The Labute approximate surface area is 98.8 Å². The number of hydrogen-bond donors (Lipinski definition) is 2. The summed E-state index contributed by atoms with van der Waals surface area (Å²) < 4.78 is 5.77. The lowest BCUT2D eigenvalue weighted by Crippen LogP contribution is -2.36. The average molecular weight is 230 g/mol. The molecule has 0 saturated heterocycles. The van der Waals surface area contributed by atoms with E-state index in [0.29, 0.717) is 17.8 Å². The summed E-state index contributed by atoms with van der Waals surface area (Å²) in [6.45, 7) is 6.78. The van der Waals surface area contributed by atoms with Gasteiger partial charge in [-0.05, 0) is 30.6 Å². The van der Waals surface area contributed by atoms with Crippen LogP contribution in [-0.4, -0.2) is 35.6 Å². The van der Waals surface area contributed by atoms with Crippen LogP contribution in [0.25, 0.3) is 0 Å². The zero-order chi connectivity index (χ0) is 12.1. The molecule has 4 atom stereocenters. The Morgan fingerprint density at radius 3 is 2.56 bits per heavy atom. The Balaban J connectivity index is 2.44. The fraction of sp³-hybridized carbons (Fsp3) is 1.00. The average Bonchev–Trinajstić information content (AvgIpc) is 2.25. The van der Waals surface area contributed by atoms with E-state index in [1.807, 2.05) is 0 Å². The Bertz CT molecular complexity index is 194. The number of rotatable bonds is 5. The summed E-state index contributed by atoms with van der Waals surface area (Å²) in [5.41, 5.74) is 0. The van der Waals surface area contributed by atoms with Crippen molar-refractivity contribution in [2.24, 2.45) is 17.8 Å². The van der Waals surface area contributed by atoms with Gasteiger partial charge in [0.25, 0.3) is 0 Å². The summed E-state index contributed by atoms with van der Waals surface area (Å²) in [5, 5.41) is 18.1. The molecule has 1 rings (SSSR count). The monoisotopic (exact) mass is 230 g/mol. The van der Waals surface area contributed by atoms with Crippen molar-refractivity contribution in [3.8, 4) is 0 Å². The molecular weight excluding hydrogens is 204 g/mol. The summed E-state index contributed by atoms with van der Waals surface area (Å²) in [7, 11) is 0. The Hall–Kier alpha value is -0.120. The van der Waals surface area contributed by atoms with E-state index in [9.17, 15) is 5.11 Å². The van der Waals surface area contributed by atoms with Gasteiger partial charge in [0.1, 0.15) is 6.10 Å². The van der Waals surface area contributed by atoms with Gasteiger partial charge < -0.3 is 14.9 Å². The molecule has 3 nitrogen and oxygen atoms in total. The predicted octanol–water partition coefficient (Wildman–Crippen LogP) is 1.82. The molecule has 0 radical (unpaired) electrons. The van der Waals surface area contributed by atoms with Gasteiger partial charge in [-0.15, -0.1) is 0 Å². The lowest BCUT2D eigenvalue weighted by molar-refractivity contribution is -0.0776. The second-order valence-corrected chi connectivity index (χ2v) is 5.53. The highest BCUT2D eigenvalue weighted by Crippen LogP contribution is 2.35. The molecule has 2 N–H and O–H groups in total. The molecule has 0 aromatic heterocycles. The molecule has 0 amide bonds. The van der Waals surface area contributed by atoms with Crippen LogP contribution in [-0.2, 0) is 4.74 Å². The van der Waals surface area contributed by atoms with Gasteiger partial charge in [0, 0.05) is 0 Å². The largest absolute Gasteiger partial charge is 0.394 e. The lowest BCUT2D eigenvalue weighted by atomic mass is 9.75. The van der Waals surface area contributed by atoms with Gasteiger partial charge in [0.2, 0.25) is 0 Å². The molecule has 0 heterocycles. The summed E-state index contributed by atoms with van der Waals surface area (Å²) in [6, 6.07) is 0. The summed E-state index contributed by atoms with van der Waals surface area (Å²) in [4.78, 5) is 0. The zero-order valence-electron chi connectivity index (χ0n) is 10.7. The second kappa shape index (κ2) is 6.58. The maximum Gasteiger partial charge on any atom is 0.100 e. The van der Waals surface area contributed by atoms with Crippen molar-refractivity contribution in [2.45, 2.75) is 52.2 Å². The van der Waals surface area contributed by atoms with Gasteiger partial charge in [-0.3, -0.25) is 0 Å². The quantitative estimate of drug-likeness (QED) is 0.757. The molecule has 96 valence electrons. The molecule has 16 heavy (non-hydrogen) atoms. The molecule has 1 saturated carbocycles. The van der Waals surface area contributed by atoms with E-state index in [4.69, 9.17) is 9.84 Å². The standard InChI is InChI=1S/C13H26O3/c1-9(2)12-5-4-10(3)6-13(12)16-8-11(15)7-14/h9-15H,4-8H2,1-3H3/t10-,11?,12?,13-/m1/s1. The van der Waals surface area contributed by atoms with Crippen LogP contribution >= 0.6 is 0 Å². The van der Waals surface area contributed by atoms with E-state index in [2.05, 4.69) is 20.8 Å². The van der Waals surface area contributed by atoms with Crippen LogP contribution in [0.3, 0.4) is 0 Å². The van der Waals surface area contributed by atoms with Gasteiger partial charge in [-0.2, -0.15) is 0 Å². The van der Waals surface area contributed by atoms with Gasteiger partial charge in [-0.25, -0.2) is 0 Å². The molecule has 0 bridgehead atoms. The second-order valence-electron chi connectivity index (χ2n) is 5.53. The number of ether oxygens (including phenoxy) is 1. The Morgan fingerprint density at radius 2 is 2.00 bits per heavy atom. The van der Waals surface area contributed by atoms with Crippen molar-refractivity contribution < 1.29 is 14.9 Å². The van der Waals surface area contributed by atoms with Crippen LogP contribution in [0.15, 0.2) is 0 Å². The number of aliphatic hydroxyl groups is 2. The first-order valence-electron chi connectivity index (χ1n) is 6.45. The first-order chi connectivity index (χ1) is 7.54. The molecule has 1 aliphatic rings. The highest BCUT2D eigenvalue weighted by molar-refractivity contribution is 4.81. The maximum absolute atomic E-state index is 9.30. The minimum absolute atomic E-state index is 0.214. The molecule has 1 fully saturated rings. The third-order valence-corrected chi connectivity index (χ3v) is 3.67. The van der Waals surface area contributed by atoms with E-state index < -0.39 is 6.10 Å². The fourth-order valence-corrected chi connectivity index (χ4v) is 2.59. The Kier molecular flexibility index (Phi) is 5.73. The summed E-state index contributed by atoms with van der Waals surface area (Å²) in [6.07, 6.45) is 3.11. The minimum Gasteiger partial charge on any atom is -0.394 e. The molecule has 3 heteroatoms. The van der Waals surface area contributed by atoms with Crippen LogP contribution in [0.4, 0.5) is 0 Å². The normalized spacial score (nSPS) is 33.0. The topological polar surface area (TPSA) is 49.7 Å². The first kappa shape index (κ1) is 13.9. The molecule has 0 aliphatic heterocycles. The van der Waals surface area contributed by atoms with Gasteiger partial charge in [0.15, 0.2) is 0 Å². The van der Waals surface area contributed by atoms with E-state index in [-0.39, 0.29) is 19.3 Å². The van der Waals surface area contributed by atoms with Crippen LogP contribution in [0.2, 0.25) is 0 Å². The van der Waals surface area contributed by atoms with Crippen LogP contribution in [0, 0.1) is 17.8 Å². The highest BCUT2D eigenvalue weighted by atomic mass is 16.5.